The highest BCUT2D eigenvalue weighted by atomic mass is 15.0. The average molecular weight is 773 g/mol. The lowest BCUT2D eigenvalue weighted by Crippen LogP contribution is -1.94. The van der Waals surface area contributed by atoms with Gasteiger partial charge in [0.15, 0.2) is 0 Å². The van der Waals surface area contributed by atoms with Gasteiger partial charge in [-0.05, 0) is 136 Å². The Morgan fingerprint density at radius 1 is 0.311 bits per heavy atom. The Bertz CT molecular complexity index is 3650. The third-order valence-corrected chi connectivity index (χ3v) is 12.5. The van der Waals surface area contributed by atoms with Crippen molar-refractivity contribution in [3.8, 4) is 67.4 Å². The number of hydrogen-bond donors (Lipinski definition) is 0. The van der Waals surface area contributed by atoms with Gasteiger partial charge >= 0.3 is 0 Å². The first-order valence-corrected chi connectivity index (χ1v) is 20.8. The predicted octanol–water partition coefficient (Wildman–Crippen LogP) is 15.9. The number of fused-ring (bicyclic) bond motifs is 2. The molecule has 61 heavy (non-hydrogen) atoms. The minimum atomic E-state index is 0.664. The lowest BCUT2D eigenvalue weighted by molar-refractivity contribution is 1.18. The van der Waals surface area contributed by atoms with Gasteiger partial charge in [0.05, 0.1) is 22.7 Å². The van der Waals surface area contributed by atoms with Crippen LogP contribution in [0.4, 0.5) is 0 Å². The zero-order chi connectivity index (χ0) is 40.4. The summed E-state index contributed by atoms with van der Waals surface area (Å²) in [5.41, 5.74) is 15.9. The molecule has 12 rings (SSSR count). The van der Waals surface area contributed by atoms with Crippen LogP contribution in [0.25, 0.3) is 115 Å². The number of para-hydroxylation sites is 1. The first kappa shape index (κ1) is 34.8. The van der Waals surface area contributed by atoms with Gasteiger partial charge in [0, 0.05) is 16.5 Å². The normalized spacial score (nSPS) is 11.6. The molecule has 0 aliphatic heterocycles. The summed E-state index contributed by atoms with van der Waals surface area (Å²) < 4.78 is 2.32. The highest BCUT2D eigenvalue weighted by Gasteiger charge is 2.21. The smallest absolute Gasteiger partial charge is 0.0992 e. The Morgan fingerprint density at radius 2 is 0.738 bits per heavy atom. The zero-order valence-electron chi connectivity index (χ0n) is 33.2. The summed E-state index contributed by atoms with van der Waals surface area (Å²) in [5, 5.41) is 19.6. The first-order valence-electron chi connectivity index (χ1n) is 20.8. The molecule has 0 aliphatic carbocycles. The molecule has 0 radical (unpaired) electrons. The highest BCUT2D eigenvalue weighted by molar-refractivity contribution is 6.25. The molecule has 11 aromatic carbocycles. The van der Waals surface area contributed by atoms with E-state index in [1.54, 1.807) is 0 Å². The summed E-state index contributed by atoms with van der Waals surface area (Å²) in [4.78, 5) is 0. The van der Waals surface area contributed by atoms with Gasteiger partial charge < -0.3 is 4.57 Å². The minimum Gasteiger partial charge on any atom is -0.309 e. The second-order valence-corrected chi connectivity index (χ2v) is 16.0. The Hall–Kier alpha value is -8.25. The molecule has 2 nitrogen and oxygen atoms in total. The van der Waals surface area contributed by atoms with Crippen LogP contribution in [0.15, 0.2) is 218 Å². The second-order valence-electron chi connectivity index (χ2n) is 16.0. The summed E-state index contributed by atoms with van der Waals surface area (Å²) in [7, 11) is 0. The van der Waals surface area contributed by atoms with Crippen molar-refractivity contribution in [2.75, 3.05) is 0 Å². The lowest BCUT2D eigenvalue weighted by Gasteiger charge is -2.19. The number of rotatable bonds is 6. The first-order chi connectivity index (χ1) is 30.2. The molecule has 1 heterocycles. The van der Waals surface area contributed by atoms with E-state index in [4.69, 9.17) is 0 Å². The van der Waals surface area contributed by atoms with Crippen LogP contribution in [0.1, 0.15) is 5.56 Å². The number of hydrogen-bond acceptors (Lipinski definition) is 1. The standard InChI is InChI=1S/C59H36N2/c60-37-38-31-46-25-26-47-33-48(36-55-59(47)58(46)54(32-38)61(55)49-19-11-4-12-20-49)41-23-21-40(22-24-41)45-28-30-51-53(35-45)57(43-17-9-3-10-18-43)50-29-27-44(39-13-5-1-6-14-39)34-52(50)56(51)42-15-7-2-8-16-42/h1-36H. The maximum Gasteiger partial charge on any atom is 0.0992 e. The SMILES string of the molecule is N#Cc1cc2ccc3cc(-c4ccc(-c5ccc6c(-c7ccccc7)c7cc(-c8ccccc8)ccc7c(-c7ccccc7)c6c5)cc4)cc4c3c2c(c1)n4-c1ccccc1. The molecular weight excluding hydrogens is 737 g/mol. The Kier molecular flexibility index (Phi) is 7.95. The van der Waals surface area contributed by atoms with Gasteiger partial charge in [0.2, 0.25) is 0 Å². The van der Waals surface area contributed by atoms with Gasteiger partial charge in [-0.2, -0.15) is 5.26 Å². The van der Waals surface area contributed by atoms with Crippen LogP contribution in [0, 0.1) is 11.3 Å². The highest BCUT2D eigenvalue weighted by Crippen LogP contribution is 2.47. The number of nitrogens with zero attached hydrogens (tertiary/aromatic N) is 2. The molecule has 0 bridgehead atoms. The molecule has 0 saturated carbocycles. The fourth-order valence-electron chi connectivity index (χ4n) is 9.76. The van der Waals surface area contributed by atoms with E-state index in [2.05, 4.69) is 211 Å². The lowest BCUT2D eigenvalue weighted by atomic mass is 9.84. The molecule has 0 atom stereocenters. The van der Waals surface area contributed by atoms with Crippen molar-refractivity contribution in [1.82, 2.24) is 4.57 Å². The van der Waals surface area contributed by atoms with E-state index in [1.807, 2.05) is 18.2 Å². The molecule has 2 heteroatoms. The molecular formula is C59H36N2. The molecule has 0 amide bonds. The number of benzene rings is 11. The van der Waals surface area contributed by atoms with Crippen LogP contribution in [-0.2, 0) is 0 Å². The predicted molar refractivity (Wildman–Crippen MR) is 256 cm³/mol. The van der Waals surface area contributed by atoms with E-state index in [9.17, 15) is 5.26 Å². The molecule has 0 N–H and O–H groups in total. The summed E-state index contributed by atoms with van der Waals surface area (Å²) in [6.45, 7) is 0. The molecule has 0 aliphatic rings. The van der Waals surface area contributed by atoms with Gasteiger partial charge in [-0.15, -0.1) is 0 Å². The van der Waals surface area contributed by atoms with E-state index in [0.29, 0.717) is 5.56 Å². The van der Waals surface area contributed by atoms with Crippen molar-refractivity contribution < 1.29 is 0 Å². The van der Waals surface area contributed by atoms with Gasteiger partial charge in [-0.1, -0.05) is 170 Å². The second kappa shape index (κ2) is 13.9. The van der Waals surface area contributed by atoms with Crippen molar-refractivity contribution in [3.05, 3.63) is 224 Å². The quantitative estimate of drug-likeness (QED) is 0.122. The number of aromatic nitrogens is 1. The fourth-order valence-corrected chi connectivity index (χ4v) is 9.76. The van der Waals surface area contributed by atoms with E-state index in [0.717, 1.165) is 33.2 Å². The summed E-state index contributed by atoms with van der Waals surface area (Å²) in [6.07, 6.45) is 0. The van der Waals surface area contributed by atoms with Crippen LogP contribution in [0.3, 0.4) is 0 Å². The van der Waals surface area contributed by atoms with Crippen LogP contribution in [0.5, 0.6) is 0 Å². The van der Waals surface area contributed by atoms with E-state index >= 15 is 0 Å². The maximum atomic E-state index is 9.95. The van der Waals surface area contributed by atoms with Crippen LogP contribution in [0.2, 0.25) is 0 Å². The fraction of sp³-hybridized carbons (Fsp3) is 0. The van der Waals surface area contributed by atoms with E-state index < -0.39 is 0 Å². The Morgan fingerprint density at radius 3 is 1.26 bits per heavy atom. The largest absolute Gasteiger partial charge is 0.309 e. The summed E-state index contributed by atoms with van der Waals surface area (Å²) in [5.74, 6) is 0. The van der Waals surface area contributed by atoms with E-state index in [1.165, 1.54) is 82.2 Å². The van der Waals surface area contributed by atoms with Gasteiger partial charge in [0.1, 0.15) is 0 Å². The van der Waals surface area contributed by atoms with Gasteiger partial charge in [-0.25, -0.2) is 0 Å². The monoisotopic (exact) mass is 772 g/mol. The molecule has 0 unspecified atom stereocenters. The number of nitriles is 1. The van der Waals surface area contributed by atoms with Crippen molar-refractivity contribution in [1.29, 1.82) is 5.26 Å². The van der Waals surface area contributed by atoms with Gasteiger partial charge in [-0.3, -0.25) is 0 Å². The molecule has 12 aromatic rings. The molecule has 0 saturated heterocycles. The molecule has 1 aromatic heterocycles. The Labute approximate surface area is 353 Å². The van der Waals surface area contributed by atoms with Crippen molar-refractivity contribution >= 4 is 54.1 Å². The third-order valence-electron chi connectivity index (χ3n) is 12.5. The molecule has 282 valence electrons. The van der Waals surface area contributed by atoms with Crippen molar-refractivity contribution in [3.63, 3.8) is 0 Å². The van der Waals surface area contributed by atoms with Crippen LogP contribution >= 0.6 is 0 Å². The Balaban J connectivity index is 1.03. The summed E-state index contributed by atoms with van der Waals surface area (Å²) >= 11 is 0. The molecule has 0 fully saturated rings. The third kappa shape index (κ3) is 5.64. The van der Waals surface area contributed by atoms with Crippen molar-refractivity contribution in [2.24, 2.45) is 0 Å². The van der Waals surface area contributed by atoms with E-state index in [-0.39, 0.29) is 0 Å². The van der Waals surface area contributed by atoms with Gasteiger partial charge in [0.25, 0.3) is 0 Å². The van der Waals surface area contributed by atoms with Crippen molar-refractivity contribution in [2.45, 2.75) is 0 Å². The topological polar surface area (TPSA) is 28.7 Å². The molecule has 0 spiro atoms. The van der Waals surface area contributed by atoms with Crippen LogP contribution in [-0.4, -0.2) is 4.57 Å². The average Bonchev–Trinajstić information content (AvgIpc) is 3.67. The maximum absolute atomic E-state index is 9.95. The zero-order valence-corrected chi connectivity index (χ0v) is 33.2. The van der Waals surface area contributed by atoms with Crippen LogP contribution < -0.4 is 0 Å². The minimum absolute atomic E-state index is 0.664. The summed E-state index contributed by atoms with van der Waals surface area (Å²) in [6, 6.07) is 81.3.